The van der Waals surface area contributed by atoms with Gasteiger partial charge < -0.3 is 10.0 Å². The number of hydrogen-bond donors (Lipinski definition) is 1. The average molecular weight is 571 g/mol. The van der Waals surface area contributed by atoms with Gasteiger partial charge in [-0.1, -0.05) is 42.8 Å². The van der Waals surface area contributed by atoms with Crippen molar-refractivity contribution in [2.45, 2.75) is 37.0 Å². The molecule has 3 aromatic carbocycles. The minimum absolute atomic E-state index is 0.00284. The number of amides is 1. The number of carboxylic acids is 1. The standard InChI is InChI=1S/C27H27BrN2O5S/c1-29-23-13-6-4-10-19(23)18-21-20(11-9-14-24(21)29)27(33)30(17-8-2-3-16-26(31)32)36(34,35)25-15-7-5-12-22(25)28/h4-7,9-15H,2-3,8,16-18H2,1H3,(H,31,32). The first kappa shape index (κ1) is 25.9. The second kappa shape index (κ2) is 10.8. The summed E-state index contributed by atoms with van der Waals surface area (Å²) in [5, 5.41) is 8.90. The van der Waals surface area contributed by atoms with Gasteiger partial charge in [0.1, 0.15) is 4.90 Å². The van der Waals surface area contributed by atoms with Crippen molar-refractivity contribution in [2.75, 3.05) is 18.5 Å². The van der Waals surface area contributed by atoms with Crippen LogP contribution in [-0.4, -0.2) is 43.3 Å². The van der Waals surface area contributed by atoms with E-state index in [1.807, 2.05) is 42.3 Å². The average Bonchev–Trinajstić information content (AvgIpc) is 2.85. The summed E-state index contributed by atoms with van der Waals surface area (Å²) in [4.78, 5) is 26.8. The molecule has 0 bridgehead atoms. The molecule has 1 N–H and O–H groups in total. The predicted octanol–water partition coefficient (Wildman–Crippen LogP) is 5.60. The molecular weight excluding hydrogens is 544 g/mol. The maximum Gasteiger partial charge on any atom is 0.303 e. The Bertz CT molecular complexity index is 1410. The van der Waals surface area contributed by atoms with Crippen molar-refractivity contribution in [3.05, 3.63) is 87.9 Å². The molecule has 0 saturated carbocycles. The lowest BCUT2D eigenvalue weighted by molar-refractivity contribution is -0.137. The van der Waals surface area contributed by atoms with Gasteiger partial charge in [-0.05, 0) is 70.2 Å². The van der Waals surface area contributed by atoms with Crippen molar-refractivity contribution in [2.24, 2.45) is 0 Å². The van der Waals surface area contributed by atoms with Crippen LogP contribution in [0.25, 0.3) is 0 Å². The lowest BCUT2D eigenvalue weighted by Gasteiger charge is -2.32. The third-order valence-electron chi connectivity index (χ3n) is 6.35. The number of sulfonamides is 1. The molecule has 7 nitrogen and oxygen atoms in total. The van der Waals surface area contributed by atoms with Gasteiger partial charge in [0.05, 0.1) is 0 Å². The number of carboxylic acid groups (broad SMARTS) is 1. The first-order valence-corrected chi connectivity index (χ1v) is 13.9. The van der Waals surface area contributed by atoms with Crippen LogP contribution in [0.2, 0.25) is 0 Å². The molecule has 3 aromatic rings. The van der Waals surface area contributed by atoms with Crippen molar-refractivity contribution in [3.63, 3.8) is 0 Å². The lowest BCUT2D eigenvalue weighted by atomic mass is 9.92. The SMILES string of the molecule is CN1c2ccccc2Cc2c(C(=O)N(CCCCCC(=O)O)S(=O)(=O)c3ccccc3Br)cccc21. The molecule has 1 aliphatic rings. The fourth-order valence-electron chi connectivity index (χ4n) is 4.53. The second-order valence-electron chi connectivity index (χ2n) is 8.68. The Balaban J connectivity index is 1.72. The third kappa shape index (κ3) is 5.17. The van der Waals surface area contributed by atoms with E-state index in [9.17, 15) is 18.0 Å². The number of halogens is 1. The molecule has 0 fully saturated rings. The number of aliphatic carboxylic acids is 1. The summed E-state index contributed by atoms with van der Waals surface area (Å²) in [6.45, 7) is -0.0434. The molecule has 0 radical (unpaired) electrons. The van der Waals surface area contributed by atoms with Gasteiger partial charge in [0, 0.05) is 47.8 Å². The second-order valence-corrected chi connectivity index (χ2v) is 11.4. The Kier molecular flexibility index (Phi) is 7.80. The summed E-state index contributed by atoms with van der Waals surface area (Å²) < 4.78 is 28.8. The lowest BCUT2D eigenvalue weighted by Crippen LogP contribution is -2.38. The van der Waals surface area contributed by atoms with E-state index in [0.29, 0.717) is 35.7 Å². The van der Waals surface area contributed by atoms with E-state index >= 15 is 0 Å². The number of unbranched alkanes of at least 4 members (excludes halogenated alkanes) is 2. The van der Waals surface area contributed by atoms with Gasteiger partial charge in [0.2, 0.25) is 0 Å². The van der Waals surface area contributed by atoms with Crippen LogP contribution in [0.1, 0.15) is 47.2 Å². The van der Waals surface area contributed by atoms with Crippen LogP contribution in [0.4, 0.5) is 11.4 Å². The van der Waals surface area contributed by atoms with Crippen LogP contribution >= 0.6 is 15.9 Å². The Morgan fingerprint density at radius 2 is 1.64 bits per heavy atom. The maximum absolute atomic E-state index is 14.0. The van der Waals surface area contributed by atoms with E-state index < -0.39 is 21.9 Å². The molecule has 0 unspecified atom stereocenters. The zero-order chi connectivity index (χ0) is 25.9. The summed E-state index contributed by atoms with van der Waals surface area (Å²) in [5.41, 5.74) is 4.09. The molecule has 0 saturated heterocycles. The van der Waals surface area contributed by atoms with E-state index in [0.717, 1.165) is 26.8 Å². The van der Waals surface area contributed by atoms with Crippen molar-refractivity contribution >= 4 is 49.2 Å². The Hall–Kier alpha value is -3.17. The molecule has 9 heteroatoms. The summed E-state index contributed by atoms with van der Waals surface area (Å²) >= 11 is 3.31. The highest BCUT2D eigenvalue weighted by Gasteiger charge is 2.34. The van der Waals surface area contributed by atoms with E-state index in [4.69, 9.17) is 5.11 Å². The molecule has 1 heterocycles. The van der Waals surface area contributed by atoms with Gasteiger partial charge in [-0.15, -0.1) is 0 Å². The number of hydrogen-bond acceptors (Lipinski definition) is 5. The van der Waals surface area contributed by atoms with Crippen LogP contribution in [0, 0.1) is 0 Å². The van der Waals surface area contributed by atoms with Crippen LogP contribution in [0.3, 0.4) is 0 Å². The molecule has 1 amide bonds. The van der Waals surface area contributed by atoms with Crippen molar-refractivity contribution in [1.29, 1.82) is 0 Å². The zero-order valence-corrected chi connectivity index (χ0v) is 22.3. The van der Waals surface area contributed by atoms with Gasteiger partial charge in [-0.25, -0.2) is 12.7 Å². The fraction of sp³-hybridized carbons (Fsp3) is 0.259. The Labute approximate surface area is 219 Å². The number of fused-ring (bicyclic) bond motifs is 2. The van der Waals surface area contributed by atoms with Crippen LogP contribution in [0.5, 0.6) is 0 Å². The van der Waals surface area contributed by atoms with Crippen molar-refractivity contribution in [1.82, 2.24) is 4.31 Å². The van der Waals surface area contributed by atoms with Gasteiger partial charge in [0.15, 0.2) is 0 Å². The topological polar surface area (TPSA) is 95.0 Å². The van der Waals surface area contributed by atoms with E-state index in [1.165, 1.54) is 6.07 Å². The molecule has 1 aliphatic heterocycles. The highest BCUT2D eigenvalue weighted by atomic mass is 79.9. The molecule has 0 aliphatic carbocycles. The van der Waals surface area contributed by atoms with E-state index in [-0.39, 0.29) is 17.9 Å². The van der Waals surface area contributed by atoms with Gasteiger partial charge in [0.25, 0.3) is 15.9 Å². The number of benzene rings is 3. The Morgan fingerprint density at radius 1 is 0.944 bits per heavy atom. The number of carbonyl (C=O) groups excluding carboxylic acids is 1. The zero-order valence-electron chi connectivity index (χ0n) is 19.9. The van der Waals surface area contributed by atoms with Crippen molar-refractivity contribution < 1.29 is 23.1 Å². The highest BCUT2D eigenvalue weighted by molar-refractivity contribution is 9.10. The summed E-state index contributed by atoms with van der Waals surface area (Å²) in [6.07, 6.45) is 1.78. The normalized spacial score (nSPS) is 12.6. The quantitative estimate of drug-likeness (QED) is 0.336. The molecule has 36 heavy (non-hydrogen) atoms. The van der Waals surface area contributed by atoms with Crippen molar-refractivity contribution in [3.8, 4) is 0 Å². The first-order valence-electron chi connectivity index (χ1n) is 11.7. The van der Waals surface area contributed by atoms with Gasteiger partial charge >= 0.3 is 5.97 Å². The van der Waals surface area contributed by atoms with Crippen LogP contribution < -0.4 is 4.90 Å². The van der Waals surface area contributed by atoms with Crippen LogP contribution in [-0.2, 0) is 21.2 Å². The van der Waals surface area contributed by atoms with E-state index in [2.05, 4.69) is 15.9 Å². The molecular formula is C27H27BrN2O5S. The fourth-order valence-corrected chi connectivity index (χ4v) is 6.92. The predicted molar refractivity (Wildman–Crippen MR) is 142 cm³/mol. The first-order chi connectivity index (χ1) is 17.2. The highest BCUT2D eigenvalue weighted by Crippen LogP contribution is 2.39. The molecule has 0 aromatic heterocycles. The minimum atomic E-state index is -4.18. The van der Waals surface area contributed by atoms with Crippen LogP contribution in [0.15, 0.2) is 76.1 Å². The minimum Gasteiger partial charge on any atom is -0.481 e. The number of anilines is 2. The largest absolute Gasteiger partial charge is 0.481 e. The summed E-state index contributed by atoms with van der Waals surface area (Å²) in [5.74, 6) is -1.49. The number of rotatable bonds is 9. The summed E-state index contributed by atoms with van der Waals surface area (Å²) in [6, 6.07) is 19.7. The smallest absolute Gasteiger partial charge is 0.303 e. The third-order valence-corrected chi connectivity index (χ3v) is 9.14. The molecule has 188 valence electrons. The number of para-hydroxylation sites is 1. The number of carbonyl (C=O) groups is 2. The monoisotopic (exact) mass is 570 g/mol. The Morgan fingerprint density at radius 3 is 2.39 bits per heavy atom. The summed E-state index contributed by atoms with van der Waals surface area (Å²) in [7, 11) is -2.24. The van der Waals surface area contributed by atoms with Gasteiger partial charge in [-0.2, -0.15) is 0 Å². The number of nitrogens with zero attached hydrogens (tertiary/aromatic N) is 2. The van der Waals surface area contributed by atoms with Gasteiger partial charge in [-0.3, -0.25) is 9.59 Å². The molecule has 0 atom stereocenters. The maximum atomic E-state index is 14.0. The molecule has 4 rings (SSSR count). The van der Waals surface area contributed by atoms with E-state index in [1.54, 1.807) is 30.3 Å². The molecule has 0 spiro atoms.